The van der Waals surface area contributed by atoms with Gasteiger partial charge in [-0.25, -0.2) is 19.4 Å². The maximum atomic E-state index is 14.3. The molecule has 0 unspecified atom stereocenters. The number of carbonyl (C=O) groups is 2. The number of aromatic nitrogens is 7. The van der Waals surface area contributed by atoms with E-state index in [4.69, 9.17) is 21.4 Å². The molecule has 0 saturated heterocycles. The standard InChI is InChI=1S/C23H15ClF3N9O4/c1-40-21-13-3-2-4-16(12(13)5-6-28-21)35-18(23(25,26)27)14(9-31-35)20(37)32-11-7-15(24)19(29-8-11)36-17(10-30-34-36)33-22(38)39/h2-10,33H,1H3,(H,32,37)(H,38,39). The molecular weight excluding hydrogens is 559 g/mol. The van der Waals surface area contributed by atoms with Gasteiger partial charge < -0.3 is 15.2 Å². The Hall–Kier alpha value is -5.25. The first-order chi connectivity index (χ1) is 19.1. The number of rotatable bonds is 6. The van der Waals surface area contributed by atoms with E-state index in [2.05, 4.69) is 36.0 Å². The molecule has 0 radical (unpaired) electrons. The van der Waals surface area contributed by atoms with E-state index < -0.39 is 29.4 Å². The average Bonchev–Trinajstić information content (AvgIpc) is 3.55. The summed E-state index contributed by atoms with van der Waals surface area (Å²) in [7, 11) is 1.39. The normalized spacial score (nSPS) is 11.4. The van der Waals surface area contributed by atoms with Crippen molar-refractivity contribution in [3.05, 3.63) is 71.4 Å². The van der Waals surface area contributed by atoms with Gasteiger partial charge in [-0.15, -0.1) is 5.10 Å². The minimum absolute atomic E-state index is 0.0477. The summed E-state index contributed by atoms with van der Waals surface area (Å²) in [6.45, 7) is 0. The van der Waals surface area contributed by atoms with Gasteiger partial charge in [0.05, 0.1) is 47.7 Å². The number of carboxylic acid groups (broad SMARTS) is 1. The third-order valence-corrected chi connectivity index (χ3v) is 5.79. The van der Waals surface area contributed by atoms with Crippen LogP contribution < -0.4 is 15.4 Å². The Balaban J connectivity index is 1.50. The number of fused-ring (bicyclic) bond motifs is 1. The number of benzene rings is 1. The summed E-state index contributed by atoms with van der Waals surface area (Å²) in [5.41, 5.74) is -2.06. The van der Waals surface area contributed by atoms with E-state index in [1.54, 1.807) is 6.07 Å². The molecule has 0 aliphatic rings. The molecule has 1 aromatic carbocycles. The number of halogens is 4. The molecule has 0 spiro atoms. The molecule has 2 amide bonds. The molecule has 5 aromatic rings. The van der Waals surface area contributed by atoms with Gasteiger partial charge >= 0.3 is 12.3 Å². The zero-order valence-electron chi connectivity index (χ0n) is 20.0. The Labute approximate surface area is 226 Å². The Morgan fingerprint density at radius 3 is 2.55 bits per heavy atom. The topological polar surface area (TPSA) is 162 Å². The minimum Gasteiger partial charge on any atom is -0.481 e. The quantitative estimate of drug-likeness (QED) is 0.267. The van der Waals surface area contributed by atoms with E-state index in [0.717, 1.165) is 23.3 Å². The van der Waals surface area contributed by atoms with E-state index in [0.29, 0.717) is 15.5 Å². The third kappa shape index (κ3) is 4.82. The molecule has 40 heavy (non-hydrogen) atoms. The Morgan fingerprint density at radius 1 is 1.05 bits per heavy atom. The van der Waals surface area contributed by atoms with E-state index in [9.17, 15) is 22.8 Å². The van der Waals surface area contributed by atoms with Crippen molar-refractivity contribution in [2.24, 2.45) is 0 Å². The van der Waals surface area contributed by atoms with Crippen LogP contribution in [-0.2, 0) is 6.18 Å². The monoisotopic (exact) mass is 573 g/mol. The Bertz CT molecular complexity index is 1770. The fourth-order valence-electron chi connectivity index (χ4n) is 3.92. The van der Waals surface area contributed by atoms with Crippen LogP contribution in [-0.4, -0.2) is 59.0 Å². The van der Waals surface area contributed by atoms with Crippen LogP contribution >= 0.6 is 11.6 Å². The van der Waals surface area contributed by atoms with E-state index in [1.165, 1.54) is 37.6 Å². The van der Waals surface area contributed by atoms with Gasteiger partial charge in [-0.1, -0.05) is 22.9 Å². The summed E-state index contributed by atoms with van der Waals surface area (Å²) in [5.74, 6) is -1.03. The first-order valence-electron chi connectivity index (χ1n) is 11.0. The number of amides is 2. The highest BCUT2D eigenvalue weighted by Gasteiger charge is 2.41. The van der Waals surface area contributed by atoms with Crippen LogP contribution in [0.4, 0.5) is 29.5 Å². The van der Waals surface area contributed by atoms with Crippen LogP contribution in [0.15, 0.2) is 55.1 Å². The lowest BCUT2D eigenvalue weighted by molar-refractivity contribution is -0.143. The number of methoxy groups -OCH3 is 1. The van der Waals surface area contributed by atoms with Gasteiger partial charge in [-0.2, -0.15) is 23.0 Å². The molecule has 0 fully saturated rings. The van der Waals surface area contributed by atoms with Gasteiger partial charge in [0.1, 0.15) is 0 Å². The van der Waals surface area contributed by atoms with Crippen LogP contribution in [0.2, 0.25) is 5.02 Å². The SMILES string of the molecule is COc1nccc2c(-n3ncc(C(=O)Nc4cnc(-n5nncc5NC(=O)O)c(Cl)c4)c3C(F)(F)F)cccc12. The zero-order chi connectivity index (χ0) is 28.6. The number of anilines is 2. The predicted molar refractivity (Wildman–Crippen MR) is 134 cm³/mol. The Morgan fingerprint density at radius 2 is 1.85 bits per heavy atom. The van der Waals surface area contributed by atoms with Crippen molar-refractivity contribution in [2.45, 2.75) is 6.18 Å². The largest absolute Gasteiger partial charge is 0.481 e. The van der Waals surface area contributed by atoms with Crippen molar-refractivity contribution in [1.82, 2.24) is 34.7 Å². The first-order valence-corrected chi connectivity index (χ1v) is 11.4. The molecule has 4 aromatic heterocycles. The highest BCUT2D eigenvalue weighted by Crippen LogP contribution is 2.36. The molecule has 204 valence electrons. The number of hydrogen-bond acceptors (Lipinski definition) is 8. The number of ether oxygens (including phenoxy) is 1. The van der Waals surface area contributed by atoms with Crippen molar-refractivity contribution in [3.63, 3.8) is 0 Å². The highest BCUT2D eigenvalue weighted by atomic mass is 35.5. The smallest absolute Gasteiger partial charge is 0.434 e. The molecule has 0 aliphatic carbocycles. The summed E-state index contributed by atoms with van der Waals surface area (Å²) in [6.07, 6.45) is -1.95. The maximum absolute atomic E-state index is 14.3. The number of carbonyl (C=O) groups excluding carboxylic acids is 1. The molecule has 0 atom stereocenters. The van der Waals surface area contributed by atoms with Crippen molar-refractivity contribution in [1.29, 1.82) is 0 Å². The first kappa shape index (κ1) is 26.4. The fourth-order valence-corrected chi connectivity index (χ4v) is 4.17. The maximum Gasteiger partial charge on any atom is 0.434 e. The van der Waals surface area contributed by atoms with Crippen LogP contribution in [0.1, 0.15) is 16.1 Å². The minimum atomic E-state index is -4.97. The summed E-state index contributed by atoms with van der Waals surface area (Å²) in [6, 6.07) is 7.29. The molecule has 0 aliphatic heterocycles. The van der Waals surface area contributed by atoms with E-state index in [-0.39, 0.29) is 33.9 Å². The summed E-state index contributed by atoms with van der Waals surface area (Å²) >= 11 is 6.24. The number of pyridine rings is 2. The summed E-state index contributed by atoms with van der Waals surface area (Å²) in [4.78, 5) is 32.1. The number of hydrogen-bond donors (Lipinski definition) is 3. The van der Waals surface area contributed by atoms with Crippen LogP contribution in [0, 0.1) is 0 Å². The van der Waals surface area contributed by atoms with Crippen LogP contribution in [0.25, 0.3) is 22.3 Å². The highest BCUT2D eigenvalue weighted by molar-refractivity contribution is 6.32. The molecular formula is C23H15ClF3N9O4. The van der Waals surface area contributed by atoms with Gasteiger partial charge in [0.2, 0.25) is 5.88 Å². The third-order valence-electron chi connectivity index (χ3n) is 5.51. The molecule has 0 saturated carbocycles. The molecule has 5 rings (SSSR count). The lowest BCUT2D eigenvalue weighted by Gasteiger charge is -2.15. The molecule has 3 N–H and O–H groups in total. The predicted octanol–water partition coefficient (Wildman–Crippen LogP) is 4.42. The van der Waals surface area contributed by atoms with Crippen molar-refractivity contribution in [2.75, 3.05) is 17.7 Å². The second-order valence-electron chi connectivity index (χ2n) is 7.95. The second-order valence-corrected chi connectivity index (χ2v) is 8.36. The molecule has 17 heteroatoms. The summed E-state index contributed by atoms with van der Waals surface area (Å²) in [5, 5.41) is 25.2. The van der Waals surface area contributed by atoms with Gasteiger partial charge in [0, 0.05) is 17.0 Å². The number of alkyl halides is 3. The molecule has 0 bridgehead atoms. The van der Waals surface area contributed by atoms with Gasteiger partial charge in [0.15, 0.2) is 17.3 Å². The van der Waals surface area contributed by atoms with Gasteiger partial charge in [0.25, 0.3) is 5.91 Å². The van der Waals surface area contributed by atoms with Gasteiger partial charge in [-0.05, 0) is 24.3 Å². The number of nitrogens with zero attached hydrogens (tertiary/aromatic N) is 7. The van der Waals surface area contributed by atoms with Crippen molar-refractivity contribution in [3.8, 4) is 17.4 Å². The zero-order valence-corrected chi connectivity index (χ0v) is 20.8. The van der Waals surface area contributed by atoms with Gasteiger partial charge in [-0.3, -0.25) is 10.1 Å². The van der Waals surface area contributed by atoms with E-state index in [1.807, 2.05) is 0 Å². The van der Waals surface area contributed by atoms with Crippen LogP contribution in [0.3, 0.4) is 0 Å². The summed E-state index contributed by atoms with van der Waals surface area (Å²) < 4.78 is 49.7. The van der Waals surface area contributed by atoms with Crippen molar-refractivity contribution >= 4 is 45.9 Å². The second kappa shape index (κ2) is 10.1. The fraction of sp³-hybridized carbons (Fsp3) is 0.0870. The average molecular weight is 574 g/mol. The van der Waals surface area contributed by atoms with Crippen molar-refractivity contribution < 1.29 is 32.6 Å². The van der Waals surface area contributed by atoms with E-state index >= 15 is 0 Å². The Kier molecular flexibility index (Phi) is 6.68. The molecule has 13 nitrogen and oxygen atoms in total. The molecule has 4 heterocycles. The van der Waals surface area contributed by atoms with Crippen LogP contribution in [0.5, 0.6) is 5.88 Å². The number of nitrogens with one attached hydrogen (secondary N) is 2. The lowest BCUT2D eigenvalue weighted by Crippen LogP contribution is -2.21. The lowest BCUT2D eigenvalue weighted by atomic mass is 10.1.